The van der Waals surface area contributed by atoms with Gasteiger partial charge in [-0.1, -0.05) is 0 Å². The molecule has 0 atom stereocenters. The maximum absolute atomic E-state index is 3.50. The summed E-state index contributed by atoms with van der Waals surface area (Å²) in [5.74, 6) is 0. The topological polar surface area (TPSA) is 0 Å². The van der Waals surface area contributed by atoms with Crippen LogP contribution in [0.1, 0.15) is 13.3 Å². The molecular formula is C3H7AsBr2. The van der Waals surface area contributed by atoms with Crippen LogP contribution in [0.3, 0.4) is 0 Å². The molecule has 0 saturated heterocycles. The van der Waals surface area contributed by atoms with E-state index in [1.165, 1.54) is 11.6 Å². The summed E-state index contributed by atoms with van der Waals surface area (Å²) < 4.78 is 0. The first-order valence-electron chi connectivity index (χ1n) is 1.86. The van der Waals surface area contributed by atoms with Gasteiger partial charge in [0.25, 0.3) is 0 Å². The monoisotopic (exact) mass is 276 g/mol. The molecule has 38 valence electrons. The van der Waals surface area contributed by atoms with Gasteiger partial charge in [-0.2, -0.15) is 0 Å². The molecule has 0 aliphatic heterocycles. The molecule has 0 fully saturated rings. The molecule has 0 bridgehead atoms. The average molecular weight is 278 g/mol. The summed E-state index contributed by atoms with van der Waals surface area (Å²) in [6.45, 7) is 2.20. The molecule has 3 heteroatoms. The summed E-state index contributed by atoms with van der Waals surface area (Å²) in [6.07, 6.45) is 1.30. The first-order valence-corrected chi connectivity index (χ1v) is 12.0. The van der Waals surface area contributed by atoms with Gasteiger partial charge in [-0.05, 0) is 0 Å². The Balaban J connectivity index is 2.63. The van der Waals surface area contributed by atoms with Crippen LogP contribution < -0.4 is 0 Å². The summed E-state index contributed by atoms with van der Waals surface area (Å²) >= 11 is 6.99. The Morgan fingerprint density at radius 3 is 2.00 bits per heavy atom. The van der Waals surface area contributed by atoms with E-state index in [9.17, 15) is 0 Å². The maximum atomic E-state index is 3.50. The quantitative estimate of drug-likeness (QED) is 0.681. The summed E-state index contributed by atoms with van der Waals surface area (Å²) in [5.41, 5.74) is 0. The van der Waals surface area contributed by atoms with Crippen molar-refractivity contribution in [1.82, 2.24) is 0 Å². The van der Waals surface area contributed by atoms with E-state index >= 15 is 0 Å². The molecular weight excluding hydrogens is 271 g/mol. The zero-order valence-electron chi connectivity index (χ0n) is 3.62. The fourth-order valence-electron chi connectivity index (χ4n) is 0.169. The van der Waals surface area contributed by atoms with Crippen molar-refractivity contribution in [2.45, 2.75) is 18.6 Å². The van der Waals surface area contributed by atoms with E-state index in [-0.39, 0.29) is 0 Å². The van der Waals surface area contributed by atoms with E-state index in [2.05, 4.69) is 34.8 Å². The zero-order chi connectivity index (χ0) is 4.99. The van der Waals surface area contributed by atoms with Crippen molar-refractivity contribution < 1.29 is 0 Å². The van der Waals surface area contributed by atoms with Crippen LogP contribution in [-0.4, -0.2) is 10.9 Å². The van der Waals surface area contributed by atoms with Gasteiger partial charge in [-0.15, -0.1) is 0 Å². The molecule has 0 saturated carbocycles. The van der Waals surface area contributed by atoms with Crippen LogP contribution in [0.25, 0.3) is 0 Å². The number of hydrogen-bond donors (Lipinski definition) is 0. The van der Waals surface area contributed by atoms with Gasteiger partial charge in [-0.25, -0.2) is 0 Å². The van der Waals surface area contributed by atoms with Crippen molar-refractivity contribution in [3.05, 3.63) is 0 Å². The fourth-order valence-corrected chi connectivity index (χ4v) is 4.56. The second-order valence-corrected chi connectivity index (χ2v) is 17.1. The van der Waals surface area contributed by atoms with Gasteiger partial charge < -0.3 is 0 Å². The van der Waals surface area contributed by atoms with E-state index in [0.717, 1.165) is 0 Å². The summed E-state index contributed by atoms with van der Waals surface area (Å²) in [7, 11) is -0.599. The van der Waals surface area contributed by atoms with E-state index in [0.29, 0.717) is 0 Å². The Labute approximate surface area is 57.1 Å². The fraction of sp³-hybridized carbons (Fsp3) is 1.00. The molecule has 0 aromatic heterocycles. The molecule has 0 spiro atoms. The first kappa shape index (κ1) is 7.52. The van der Waals surface area contributed by atoms with Crippen molar-refractivity contribution in [3.8, 4) is 0 Å². The van der Waals surface area contributed by atoms with Crippen LogP contribution in [0.5, 0.6) is 0 Å². The molecule has 0 amide bonds. The Morgan fingerprint density at radius 2 is 2.00 bits per heavy atom. The van der Waals surface area contributed by atoms with Gasteiger partial charge in [0, 0.05) is 0 Å². The number of rotatable bonds is 2. The number of hydrogen-bond acceptors (Lipinski definition) is 0. The van der Waals surface area contributed by atoms with Gasteiger partial charge in [-0.3, -0.25) is 0 Å². The molecule has 0 rings (SSSR count). The van der Waals surface area contributed by atoms with E-state index in [4.69, 9.17) is 0 Å². The normalized spacial score (nSPS) is 10.0. The minimum absolute atomic E-state index is 0.599. The van der Waals surface area contributed by atoms with E-state index in [1.54, 1.807) is 0 Å². The Kier molecular flexibility index (Phi) is 5.85. The molecule has 0 aliphatic carbocycles. The first-order chi connectivity index (χ1) is 2.77. The Hall–Kier alpha value is 1.52. The molecule has 0 heterocycles. The molecule has 0 aromatic carbocycles. The van der Waals surface area contributed by atoms with Crippen LogP contribution in [0.15, 0.2) is 0 Å². The number of halogens is 2. The zero-order valence-corrected chi connectivity index (χ0v) is 8.67. The van der Waals surface area contributed by atoms with Gasteiger partial charge in [0.15, 0.2) is 0 Å². The Morgan fingerprint density at radius 1 is 1.50 bits per heavy atom. The van der Waals surface area contributed by atoms with Crippen LogP contribution in [0.4, 0.5) is 0 Å². The minimum atomic E-state index is -0.599. The van der Waals surface area contributed by atoms with Crippen molar-refractivity contribution >= 4 is 38.8 Å². The average Bonchev–Trinajstić information content (AvgIpc) is 1.35. The van der Waals surface area contributed by atoms with Crippen LogP contribution in [0, 0.1) is 0 Å². The molecule has 0 unspecified atom stereocenters. The third-order valence-corrected chi connectivity index (χ3v) is 5.73. The van der Waals surface area contributed by atoms with Crippen molar-refractivity contribution in [1.29, 1.82) is 0 Å². The third-order valence-electron chi connectivity index (χ3n) is 0.393. The molecule has 6 heavy (non-hydrogen) atoms. The van der Waals surface area contributed by atoms with Gasteiger partial charge in [0.1, 0.15) is 0 Å². The van der Waals surface area contributed by atoms with Crippen LogP contribution in [-0.2, 0) is 0 Å². The SMILES string of the molecule is CCC[As](Br)Br. The Bertz CT molecular complexity index is 30.0. The molecule has 0 N–H and O–H groups in total. The van der Waals surface area contributed by atoms with Crippen LogP contribution in [0.2, 0.25) is 5.21 Å². The molecule has 0 radical (unpaired) electrons. The predicted molar refractivity (Wildman–Crippen MR) is 38.7 cm³/mol. The molecule has 0 aromatic rings. The molecule has 0 nitrogen and oxygen atoms in total. The second kappa shape index (κ2) is 4.67. The standard InChI is InChI=1S/C3H7AsBr2/c1-2-3-4(5)6/h2-3H2,1H3. The van der Waals surface area contributed by atoms with Gasteiger partial charge in [0.05, 0.1) is 0 Å². The van der Waals surface area contributed by atoms with Crippen molar-refractivity contribution in [3.63, 3.8) is 0 Å². The van der Waals surface area contributed by atoms with Crippen LogP contribution >= 0.6 is 27.9 Å². The second-order valence-electron chi connectivity index (χ2n) is 1.03. The van der Waals surface area contributed by atoms with E-state index < -0.39 is 10.9 Å². The van der Waals surface area contributed by atoms with Crippen molar-refractivity contribution in [2.24, 2.45) is 0 Å². The van der Waals surface area contributed by atoms with E-state index in [1.807, 2.05) is 0 Å². The van der Waals surface area contributed by atoms with Gasteiger partial charge >= 0.3 is 57.3 Å². The summed E-state index contributed by atoms with van der Waals surface area (Å²) in [6, 6.07) is 0. The predicted octanol–water partition coefficient (Wildman–Crippen LogP) is 2.67. The van der Waals surface area contributed by atoms with Gasteiger partial charge in [0.2, 0.25) is 0 Å². The summed E-state index contributed by atoms with van der Waals surface area (Å²) in [5, 5.41) is 1.35. The third kappa shape index (κ3) is 5.52. The molecule has 0 aliphatic rings. The summed E-state index contributed by atoms with van der Waals surface area (Å²) in [4.78, 5) is 0. The van der Waals surface area contributed by atoms with Crippen molar-refractivity contribution in [2.75, 3.05) is 0 Å².